The molecule has 0 spiro atoms. The maximum atomic E-state index is 15.8. The van der Waals surface area contributed by atoms with Crippen LogP contribution in [-0.2, 0) is 12.8 Å². The van der Waals surface area contributed by atoms with E-state index in [1.165, 1.54) is 50.7 Å². The first-order valence-electron chi connectivity index (χ1n) is 15.4. The third kappa shape index (κ3) is 5.81. The van der Waals surface area contributed by atoms with Gasteiger partial charge in [-0.3, -0.25) is 0 Å². The van der Waals surface area contributed by atoms with Crippen molar-refractivity contribution in [1.82, 2.24) is 0 Å². The molecule has 1 nitrogen and oxygen atoms in total. The van der Waals surface area contributed by atoms with E-state index in [9.17, 15) is 8.78 Å². The fraction of sp³-hybridized carbons (Fsp3) is 0.618. The molecule has 0 amide bonds. The molecule has 0 N–H and O–H groups in total. The number of fused-ring (bicyclic) bond motifs is 1. The van der Waals surface area contributed by atoms with Crippen molar-refractivity contribution >= 4 is 0 Å². The fourth-order valence-corrected chi connectivity index (χ4v) is 7.94. The molecule has 40 heavy (non-hydrogen) atoms. The molecule has 216 valence electrons. The van der Waals surface area contributed by atoms with Gasteiger partial charge in [0.25, 0.3) is 0 Å². The van der Waals surface area contributed by atoms with Gasteiger partial charge in [-0.2, -0.15) is 5.26 Å². The van der Waals surface area contributed by atoms with Gasteiger partial charge in [0.1, 0.15) is 11.9 Å². The SMILES string of the molecule is CCCC1CCC(CCC2CCc3c(F)c(C4CCC(c5ccc(C#N)c(F)c5F)CC4)c(F)c(F)c3C2)CC1. The van der Waals surface area contributed by atoms with E-state index in [0.29, 0.717) is 44.1 Å². The molecule has 1 unspecified atom stereocenters. The summed E-state index contributed by atoms with van der Waals surface area (Å²) in [5.41, 5.74) is 0.245. The summed E-state index contributed by atoms with van der Waals surface area (Å²) >= 11 is 0. The topological polar surface area (TPSA) is 23.8 Å². The van der Waals surface area contributed by atoms with E-state index in [1.54, 1.807) is 6.07 Å². The monoisotopic (exact) mass is 557 g/mol. The first-order chi connectivity index (χ1) is 19.3. The largest absolute Gasteiger partial charge is 0.206 e. The highest BCUT2D eigenvalue weighted by atomic mass is 19.2. The molecule has 0 aliphatic heterocycles. The second-order valence-corrected chi connectivity index (χ2v) is 12.7. The third-order valence-corrected chi connectivity index (χ3v) is 10.3. The molecule has 2 aromatic rings. The van der Waals surface area contributed by atoms with E-state index in [0.717, 1.165) is 31.1 Å². The lowest BCUT2D eigenvalue weighted by molar-refractivity contribution is 0.235. The Bertz CT molecular complexity index is 1250. The quantitative estimate of drug-likeness (QED) is 0.245. The summed E-state index contributed by atoms with van der Waals surface area (Å²) in [6, 6.07) is 4.33. The zero-order chi connectivity index (χ0) is 28.4. The molecule has 2 fully saturated rings. The normalized spacial score (nSPS) is 26.8. The van der Waals surface area contributed by atoms with Crippen LogP contribution in [0.4, 0.5) is 22.0 Å². The summed E-state index contributed by atoms with van der Waals surface area (Å²) in [6.45, 7) is 2.25. The van der Waals surface area contributed by atoms with E-state index < -0.39 is 35.0 Å². The first-order valence-corrected chi connectivity index (χ1v) is 15.4. The van der Waals surface area contributed by atoms with Gasteiger partial charge in [0.2, 0.25) is 0 Å². The molecule has 2 saturated carbocycles. The molecule has 1 atom stereocenters. The molecular formula is C34H40F5N. The number of halogens is 5. The lowest BCUT2D eigenvalue weighted by Gasteiger charge is -2.33. The number of hydrogen-bond acceptors (Lipinski definition) is 1. The highest BCUT2D eigenvalue weighted by Gasteiger charge is 2.35. The van der Waals surface area contributed by atoms with E-state index in [4.69, 9.17) is 5.26 Å². The van der Waals surface area contributed by atoms with E-state index in [-0.39, 0.29) is 34.1 Å². The average molecular weight is 558 g/mol. The molecule has 3 aliphatic carbocycles. The maximum Gasteiger partial charge on any atom is 0.176 e. The third-order valence-electron chi connectivity index (χ3n) is 10.3. The van der Waals surface area contributed by atoms with Gasteiger partial charge < -0.3 is 0 Å². The van der Waals surface area contributed by atoms with Crippen LogP contribution >= 0.6 is 0 Å². The average Bonchev–Trinajstić information content (AvgIpc) is 2.97. The number of rotatable bonds is 7. The van der Waals surface area contributed by atoms with E-state index in [1.807, 2.05) is 0 Å². The molecule has 0 saturated heterocycles. The number of benzene rings is 2. The zero-order valence-corrected chi connectivity index (χ0v) is 23.5. The summed E-state index contributed by atoms with van der Waals surface area (Å²) in [7, 11) is 0. The fourth-order valence-electron chi connectivity index (χ4n) is 7.94. The van der Waals surface area contributed by atoms with Gasteiger partial charge in [-0.05, 0) is 104 Å². The predicted molar refractivity (Wildman–Crippen MR) is 146 cm³/mol. The maximum absolute atomic E-state index is 15.8. The summed E-state index contributed by atoms with van der Waals surface area (Å²) < 4.78 is 75.3. The van der Waals surface area contributed by atoms with Crippen molar-refractivity contribution in [2.75, 3.05) is 0 Å². The Labute approximate surface area is 235 Å². The first kappa shape index (κ1) is 29.1. The van der Waals surface area contributed by atoms with Gasteiger partial charge in [0.05, 0.1) is 5.56 Å². The zero-order valence-electron chi connectivity index (χ0n) is 23.5. The Morgan fingerprint density at radius 3 is 1.93 bits per heavy atom. The van der Waals surface area contributed by atoms with Crippen LogP contribution in [0.5, 0.6) is 0 Å². The second kappa shape index (κ2) is 12.6. The van der Waals surface area contributed by atoms with Gasteiger partial charge in [0.15, 0.2) is 23.3 Å². The highest BCUT2D eigenvalue weighted by molar-refractivity contribution is 5.41. The van der Waals surface area contributed by atoms with Crippen LogP contribution in [0.1, 0.15) is 130 Å². The molecule has 0 bridgehead atoms. The summed E-state index contributed by atoms with van der Waals surface area (Å²) in [5.74, 6) is -3.70. The number of hydrogen-bond donors (Lipinski definition) is 0. The van der Waals surface area contributed by atoms with Gasteiger partial charge in [-0.15, -0.1) is 0 Å². The second-order valence-electron chi connectivity index (χ2n) is 12.7. The molecule has 2 aromatic carbocycles. The van der Waals surface area contributed by atoms with Gasteiger partial charge in [-0.1, -0.05) is 57.9 Å². The standard InChI is InChI=1S/C34H40F5N/c1-2-3-20-4-6-21(7-5-20)8-9-22-10-16-27-28(18-22)33(38)34(39)29(31(27)36)24-13-11-23(12-14-24)26-17-15-25(19-40)30(35)32(26)37/h15,17,20-24H,2-14,16,18H2,1H3. The highest BCUT2D eigenvalue weighted by Crippen LogP contribution is 2.46. The molecule has 0 radical (unpaired) electrons. The smallest absolute Gasteiger partial charge is 0.176 e. The van der Waals surface area contributed by atoms with Crippen molar-refractivity contribution in [3.05, 3.63) is 69.0 Å². The van der Waals surface area contributed by atoms with Crippen molar-refractivity contribution in [1.29, 1.82) is 5.26 Å². The van der Waals surface area contributed by atoms with Crippen molar-refractivity contribution in [2.45, 2.75) is 115 Å². The Kier molecular flexibility index (Phi) is 9.18. The van der Waals surface area contributed by atoms with Crippen molar-refractivity contribution in [2.24, 2.45) is 17.8 Å². The summed E-state index contributed by atoms with van der Waals surface area (Å²) in [5, 5.41) is 8.92. The van der Waals surface area contributed by atoms with Crippen LogP contribution in [0.25, 0.3) is 0 Å². The molecule has 5 rings (SSSR count). The molecule has 3 aliphatic rings. The van der Waals surface area contributed by atoms with E-state index in [2.05, 4.69) is 6.92 Å². The minimum Gasteiger partial charge on any atom is -0.206 e. The van der Waals surface area contributed by atoms with Crippen LogP contribution in [0, 0.1) is 58.2 Å². The lowest BCUT2D eigenvalue weighted by atomic mass is 9.73. The van der Waals surface area contributed by atoms with Gasteiger partial charge in [-0.25, -0.2) is 22.0 Å². The van der Waals surface area contributed by atoms with Crippen LogP contribution in [0.15, 0.2) is 12.1 Å². The predicted octanol–water partition coefficient (Wildman–Crippen LogP) is 10.2. The number of nitriles is 1. The summed E-state index contributed by atoms with van der Waals surface area (Å²) in [4.78, 5) is 0. The van der Waals surface area contributed by atoms with Gasteiger partial charge in [0, 0.05) is 5.56 Å². The number of nitrogens with zero attached hydrogens (tertiary/aromatic N) is 1. The minimum absolute atomic E-state index is 0.163. The van der Waals surface area contributed by atoms with Crippen molar-refractivity contribution < 1.29 is 22.0 Å². The minimum atomic E-state index is -1.16. The van der Waals surface area contributed by atoms with E-state index >= 15 is 13.2 Å². The molecule has 6 heteroatoms. The van der Waals surface area contributed by atoms with Crippen molar-refractivity contribution in [3.8, 4) is 6.07 Å². The van der Waals surface area contributed by atoms with Crippen LogP contribution in [0.3, 0.4) is 0 Å². The van der Waals surface area contributed by atoms with Crippen LogP contribution in [0.2, 0.25) is 0 Å². The summed E-state index contributed by atoms with van der Waals surface area (Å²) in [6.07, 6.45) is 13.0. The lowest BCUT2D eigenvalue weighted by Crippen LogP contribution is -2.23. The Morgan fingerprint density at radius 2 is 1.27 bits per heavy atom. The van der Waals surface area contributed by atoms with Crippen LogP contribution in [-0.4, -0.2) is 0 Å². The van der Waals surface area contributed by atoms with Gasteiger partial charge >= 0.3 is 0 Å². The van der Waals surface area contributed by atoms with Crippen molar-refractivity contribution in [3.63, 3.8) is 0 Å². The molecule has 0 heterocycles. The molecular weight excluding hydrogens is 517 g/mol. The molecule has 0 aromatic heterocycles. The van der Waals surface area contributed by atoms with Crippen LogP contribution < -0.4 is 0 Å². The Morgan fingerprint density at radius 1 is 0.650 bits per heavy atom. The Balaban J connectivity index is 1.23. The Hall–Kier alpha value is -2.42.